The van der Waals surface area contributed by atoms with Gasteiger partial charge in [0.25, 0.3) is 0 Å². The van der Waals surface area contributed by atoms with Gasteiger partial charge in [-0.3, -0.25) is 0 Å². The maximum absolute atomic E-state index is 12.1. The zero-order valence-corrected chi connectivity index (χ0v) is 12.5. The van der Waals surface area contributed by atoms with Crippen LogP contribution in [0, 0.1) is 0 Å². The van der Waals surface area contributed by atoms with Crippen LogP contribution in [0.4, 0.5) is 5.82 Å². The first-order chi connectivity index (χ1) is 10.2. The molecule has 0 radical (unpaired) electrons. The van der Waals surface area contributed by atoms with Crippen molar-refractivity contribution < 1.29 is 14.3 Å². The smallest absolute Gasteiger partial charge is 0.358 e. The summed E-state index contributed by atoms with van der Waals surface area (Å²) in [5.74, 6) is 0.608. The first kappa shape index (κ1) is 14.4. The van der Waals surface area contributed by atoms with Gasteiger partial charge in [-0.2, -0.15) is 5.10 Å². The molecule has 1 aromatic heterocycles. The van der Waals surface area contributed by atoms with Crippen LogP contribution < -0.4 is 5.73 Å². The molecule has 21 heavy (non-hydrogen) atoms. The molecule has 0 amide bonds. The Morgan fingerprint density at radius 3 is 2.57 bits per heavy atom. The van der Waals surface area contributed by atoms with Gasteiger partial charge in [-0.15, -0.1) is 0 Å². The maximum Gasteiger partial charge on any atom is 0.358 e. The molecule has 0 unspecified atom stereocenters. The van der Waals surface area contributed by atoms with E-state index in [1.165, 1.54) is 20.0 Å². The number of hydrogen-bond acceptors (Lipinski definition) is 5. The summed E-state index contributed by atoms with van der Waals surface area (Å²) < 4.78 is 12.1. The molecule has 116 valence electrons. The van der Waals surface area contributed by atoms with Gasteiger partial charge >= 0.3 is 5.97 Å². The molecule has 2 aliphatic rings. The highest BCUT2D eigenvalue weighted by atomic mass is 16.5. The molecule has 6 nitrogen and oxygen atoms in total. The Balaban J connectivity index is 1.99. The van der Waals surface area contributed by atoms with Crippen molar-refractivity contribution >= 4 is 11.8 Å². The average molecular weight is 293 g/mol. The summed E-state index contributed by atoms with van der Waals surface area (Å²) >= 11 is 0. The molecule has 2 fully saturated rings. The SMILES string of the molecule is COC(=O)c1nn(C2CCOCC2)c(N)c1C1CCCC1. The zero-order chi connectivity index (χ0) is 14.8. The monoisotopic (exact) mass is 293 g/mol. The maximum atomic E-state index is 12.1. The minimum absolute atomic E-state index is 0.220. The summed E-state index contributed by atoms with van der Waals surface area (Å²) in [7, 11) is 1.39. The molecule has 0 spiro atoms. The molecule has 1 aliphatic heterocycles. The standard InChI is InChI=1S/C15H23N3O3/c1-20-15(19)13-12(10-4-2-3-5-10)14(16)18(17-13)11-6-8-21-9-7-11/h10-11H,2-9,16H2,1H3. The number of carbonyl (C=O) groups is 1. The molecule has 0 atom stereocenters. The van der Waals surface area contributed by atoms with Crippen LogP contribution in [0.15, 0.2) is 0 Å². The van der Waals surface area contributed by atoms with Crippen LogP contribution in [0.3, 0.4) is 0 Å². The first-order valence-corrected chi connectivity index (χ1v) is 7.76. The second-order valence-electron chi connectivity index (χ2n) is 5.91. The van der Waals surface area contributed by atoms with Gasteiger partial charge in [0.15, 0.2) is 5.69 Å². The number of methoxy groups -OCH3 is 1. The highest BCUT2D eigenvalue weighted by Crippen LogP contribution is 2.40. The van der Waals surface area contributed by atoms with Gasteiger partial charge in [0.1, 0.15) is 5.82 Å². The van der Waals surface area contributed by atoms with E-state index in [0.717, 1.165) is 44.5 Å². The number of hydrogen-bond donors (Lipinski definition) is 1. The molecule has 0 aromatic carbocycles. The molecule has 2 N–H and O–H groups in total. The fourth-order valence-electron chi connectivity index (χ4n) is 3.53. The Bertz CT molecular complexity index is 514. The third-order valence-corrected chi connectivity index (χ3v) is 4.66. The number of ether oxygens (including phenoxy) is 2. The summed E-state index contributed by atoms with van der Waals surface area (Å²) in [4.78, 5) is 12.1. The van der Waals surface area contributed by atoms with Gasteiger partial charge < -0.3 is 15.2 Å². The van der Waals surface area contributed by atoms with Crippen molar-refractivity contribution in [1.82, 2.24) is 9.78 Å². The lowest BCUT2D eigenvalue weighted by Gasteiger charge is -2.23. The molecular weight excluding hydrogens is 270 g/mol. The molecule has 6 heteroatoms. The van der Waals surface area contributed by atoms with Gasteiger partial charge in [0.05, 0.1) is 13.2 Å². The largest absolute Gasteiger partial charge is 0.464 e. The van der Waals surface area contributed by atoms with Crippen molar-refractivity contribution in [2.24, 2.45) is 0 Å². The Morgan fingerprint density at radius 1 is 1.29 bits per heavy atom. The van der Waals surface area contributed by atoms with Crippen molar-refractivity contribution in [2.45, 2.75) is 50.5 Å². The minimum Gasteiger partial charge on any atom is -0.464 e. The summed E-state index contributed by atoms with van der Waals surface area (Å²) in [6, 6.07) is 0.220. The van der Waals surface area contributed by atoms with E-state index in [1.54, 1.807) is 0 Å². The summed E-state index contributed by atoms with van der Waals surface area (Å²) in [6.45, 7) is 1.44. The molecule has 1 aliphatic carbocycles. The number of aromatic nitrogens is 2. The van der Waals surface area contributed by atoms with Crippen LogP contribution in [-0.4, -0.2) is 36.1 Å². The van der Waals surface area contributed by atoms with E-state index < -0.39 is 0 Å². The molecule has 1 aromatic rings. The van der Waals surface area contributed by atoms with Gasteiger partial charge in [0.2, 0.25) is 0 Å². The number of nitrogens with two attached hydrogens (primary N) is 1. The van der Waals surface area contributed by atoms with Crippen molar-refractivity contribution in [2.75, 3.05) is 26.1 Å². The van der Waals surface area contributed by atoms with E-state index in [-0.39, 0.29) is 12.0 Å². The van der Waals surface area contributed by atoms with E-state index >= 15 is 0 Å². The summed E-state index contributed by atoms with van der Waals surface area (Å²) in [5, 5.41) is 4.51. The Hall–Kier alpha value is -1.56. The van der Waals surface area contributed by atoms with E-state index in [2.05, 4.69) is 5.10 Å². The number of esters is 1. The molecule has 3 rings (SSSR count). The highest BCUT2D eigenvalue weighted by Gasteiger charge is 2.32. The second kappa shape index (κ2) is 6.05. The highest BCUT2D eigenvalue weighted by molar-refractivity contribution is 5.90. The van der Waals surface area contributed by atoms with E-state index in [9.17, 15) is 4.79 Å². The lowest BCUT2D eigenvalue weighted by atomic mass is 9.97. The van der Waals surface area contributed by atoms with Crippen LogP contribution in [0.1, 0.15) is 66.5 Å². The minimum atomic E-state index is -0.380. The number of anilines is 1. The van der Waals surface area contributed by atoms with E-state index in [0.29, 0.717) is 17.4 Å². The summed E-state index contributed by atoms with van der Waals surface area (Å²) in [6.07, 6.45) is 6.30. The molecule has 1 saturated carbocycles. The zero-order valence-electron chi connectivity index (χ0n) is 12.5. The van der Waals surface area contributed by atoms with Crippen molar-refractivity contribution in [1.29, 1.82) is 0 Å². The van der Waals surface area contributed by atoms with Crippen LogP contribution in [0.2, 0.25) is 0 Å². The Kier molecular flexibility index (Phi) is 4.14. The fourth-order valence-corrected chi connectivity index (χ4v) is 3.53. The number of rotatable bonds is 3. The van der Waals surface area contributed by atoms with E-state index in [1.807, 2.05) is 4.68 Å². The van der Waals surface area contributed by atoms with Crippen LogP contribution in [0.5, 0.6) is 0 Å². The van der Waals surface area contributed by atoms with Crippen molar-refractivity contribution in [3.8, 4) is 0 Å². The number of nitrogen functional groups attached to an aromatic ring is 1. The van der Waals surface area contributed by atoms with Gasteiger partial charge in [-0.05, 0) is 31.6 Å². The number of nitrogens with zero attached hydrogens (tertiary/aromatic N) is 2. The molecule has 2 heterocycles. The molecular formula is C15H23N3O3. The van der Waals surface area contributed by atoms with Crippen LogP contribution in [0.25, 0.3) is 0 Å². The predicted molar refractivity (Wildman–Crippen MR) is 78.3 cm³/mol. The Morgan fingerprint density at radius 2 is 1.95 bits per heavy atom. The third-order valence-electron chi connectivity index (χ3n) is 4.66. The van der Waals surface area contributed by atoms with Crippen molar-refractivity contribution in [3.63, 3.8) is 0 Å². The average Bonchev–Trinajstić information content (AvgIpc) is 3.14. The topological polar surface area (TPSA) is 79.4 Å². The lowest BCUT2D eigenvalue weighted by Crippen LogP contribution is -2.22. The predicted octanol–water partition coefficient (Wildman–Crippen LogP) is 2.26. The van der Waals surface area contributed by atoms with Gasteiger partial charge in [-0.25, -0.2) is 9.48 Å². The molecule has 1 saturated heterocycles. The fraction of sp³-hybridized carbons (Fsp3) is 0.733. The van der Waals surface area contributed by atoms with Gasteiger partial charge in [-0.1, -0.05) is 12.8 Å². The van der Waals surface area contributed by atoms with Gasteiger partial charge in [0, 0.05) is 18.8 Å². The summed E-state index contributed by atoms with van der Waals surface area (Å²) in [5.41, 5.74) is 7.68. The second-order valence-corrected chi connectivity index (χ2v) is 5.91. The first-order valence-electron chi connectivity index (χ1n) is 7.76. The normalized spacial score (nSPS) is 20.8. The Labute approximate surface area is 124 Å². The third kappa shape index (κ3) is 2.64. The van der Waals surface area contributed by atoms with E-state index in [4.69, 9.17) is 15.2 Å². The van der Waals surface area contributed by atoms with Crippen LogP contribution in [-0.2, 0) is 9.47 Å². The molecule has 0 bridgehead atoms. The number of carbonyl (C=O) groups excluding carboxylic acids is 1. The lowest BCUT2D eigenvalue weighted by molar-refractivity contribution is 0.0582. The quantitative estimate of drug-likeness (QED) is 0.865. The van der Waals surface area contributed by atoms with Crippen molar-refractivity contribution in [3.05, 3.63) is 11.3 Å². The van der Waals surface area contributed by atoms with Crippen LogP contribution >= 0.6 is 0 Å².